The van der Waals surface area contributed by atoms with Gasteiger partial charge in [0.2, 0.25) is 5.91 Å². The van der Waals surface area contributed by atoms with Crippen LogP contribution in [0.4, 0.5) is 0 Å². The van der Waals surface area contributed by atoms with Crippen molar-refractivity contribution in [2.45, 2.75) is 25.3 Å². The van der Waals surface area contributed by atoms with E-state index in [9.17, 15) is 4.79 Å². The van der Waals surface area contributed by atoms with E-state index >= 15 is 0 Å². The molecule has 2 N–H and O–H groups in total. The molecule has 3 rings (SSSR count). The fourth-order valence-electron chi connectivity index (χ4n) is 2.40. The molecule has 2 aromatic rings. The van der Waals surface area contributed by atoms with Crippen molar-refractivity contribution in [2.75, 3.05) is 13.1 Å². The highest BCUT2D eigenvalue weighted by molar-refractivity contribution is 7.13. The van der Waals surface area contributed by atoms with E-state index in [-0.39, 0.29) is 5.91 Å². The van der Waals surface area contributed by atoms with E-state index in [0.717, 1.165) is 29.2 Å². The van der Waals surface area contributed by atoms with Crippen molar-refractivity contribution in [3.8, 4) is 10.6 Å². The van der Waals surface area contributed by atoms with Crippen molar-refractivity contribution in [2.24, 2.45) is 0 Å². The van der Waals surface area contributed by atoms with Crippen LogP contribution in [0.2, 0.25) is 0 Å². The largest absolute Gasteiger partial charge is 0.354 e. The molecule has 6 heteroatoms. The van der Waals surface area contributed by atoms with E-state index in [1.807, 2.05) is 17.5 Å². The summed E-state index contributed by atoms with van der Waals surface area (Å²) in [5, 5.41) is 9.19. The predicted molar refractivity (Wildman–Crippen MR) is 83.1 cm³/mol. The van der Waals surface area contributed by atoms with Crippen LogP contribution in [0.5, 0.6) is 0 Å². The first-order chi connectivity index (χ1) is 10.3. The fourth-order valence-corrected chi connectivity index (χ4v) is 3.22. The van der Waals surface area contributed by atoms with Crippen LogP contribution in [0.3, 0.4) is 0 Å². The Kier molecular flexibility index (Phi) is 4.57. The minimum atomic E-state index is 0.0340. The molecule has 1 aliphatic rings. The first kappa shape index (κ1) is 14.2. The number of thiazole rings is 1. The second-order valence-corrected chi connectivity index (χ2v) is 6.02. The monoisotopic (exact) mass is 302 g/mol. The topological polar surface area (TPSA) is 66.9 Å². The zero-order valence-electron chi connectivity index (χ0n) is 11.7. The smallest absolute Gasteiger partial charge is 0.226 e. The molecule has 0 aromatic carbocycles. The number of nitrogens with zero attached hydrogens (tertiary/aromatic N) is 2. The zero-order chi connectivity index (χ0) is 14.5. The number of pyridine rings is 1. The quantitative estimate of drug-likeness (QED) is 0.881. The number of hydrogen-bond acceptors (Lipinski definition) is 5. The third kappa shape index (κ3) is 3.86. The summed E-state index contributed by atoms with van der Waals surface area (Å²) in [4.78, 5) is 20.5. The lowest BCUT2D eigenvalue weighted by molar-refractivity contribution is -0.120. The molecule has 1 saturated heterocycles. The van der Waals surface area contributed by atoms with Crippen LogP contribution in [0.1, 0.15) is 18.5 Å². The van der Waals surface area contributed by atoms with Gasteiger partial charge in [-0.15, -0.1) is 11.3 Å². The molecule has 0 bridgehead atoms. The Balaban J connectivity index is 1.53. The number of rotatable bonds is 5. The molecule has 21 heavy (non-hydrogen) atoms. The zero-order valence-corrected chi connectivity index (χ0v) is 12.5. The number of amides is 1. The van der Waals surface area contributed by atoms with Gasteiger partial charge in [-0.1, -0.05) is 0 Å². The Labute approximate surface area is 127 Å². The van der Waals surface area contributed by atoms with Gasteiger partial charge in [0.1, 0.15) is 5.01 Å². The highest BCUT2D eigenvalue weighted by atomic mass is 32.1. The second kappa shape index (κ2) is 6.78. The number of hydrogen-bond donors (Lipinski definition) is 2. The van der Waals surface area contributed by atoms with Gasteiger partial charge in [-0.05, 0) is 31.5 Å². The average molecular weight is 302 g/mol. The van der Waals surface area contributed by atoms with Crippen LogP contribution in [0.15, 0.2) is 29.9 Å². The first-order valence-corrected chi connectivity index (χ1v) is 8.04. The number of aromatic nitrogens is 2. The molecular weight excluding hydrogens is 284 g/mol. The third-order valence-corrected chi connectivity index (χ3v) is 4.45. The van der Waals surface area contributed by atoms with E-state index < -0.39 is 0 Å². The van der Waals surface area contributed by atoms with Crippen molar-refractivity contribution < 1.29 is 4.79 Å². The molecule has 0 radical (unpaired) electrons. The molecule has 1 aliphatic heterocycles. The van der Waals surface area contributed by atoms with Gasteiger partial charge in [0.05, 0.1) is 12.1 Å². The maximum absolute atomic E-state index is 11.9. The van der Waals surface area contributed by atoms with Gasteiger partial charge >= 0.3 is 0 Å². The van der Waals surface area contributed by atoms with Gasteiger partial charge in [0.15, 0.2) is 0 Å². The Morgan fingerprint density at radius 1 is 1.52 bits per heavy atom. The lowest BCUT2D eigenvalue weighted by atomic mass is 10.2. The number of carbonyl (C=O) groups excluding carboxylic acids is 1. The summed E-state index contributed by atoms with van der Waals surface area (Å²) in [6, 6.07) is 4.29. The highest BCUT2D eigenvalue weighted by Crippen LogP contribution is 2.22. The SMILES string of the molecule is O=C(Cc1csc(-c2cccnc2)n1)NCC1CCCN1. The van der Waals surface area contributed by atoms with Gasteiger partial charge in [-0.25, -0.2) is 4.98 Å². The molecule has 1 atom stereocenters. The van der Waals surface area contributed by atoms with Crippen LogP contribution >= 0.6 is 11.3 Å². The lowest BCUT2D eigenvalue weighted by Crippen LogP contribution is -2.37. The minimum Gasteiger partial charge on any atom is -0.354 e. The third-order valence-electron chi connectivity index (χ3n) is 3.51. The molecule has 2 aromatic heterocycles. The summed E-state index contributed by atoms with van der Waals surface area (Å²) in [7, 11) is 0. The minimum absolute atomic E-state index is 0.0340. The Bertz CT molecular complexity index is 593. The van der Waals surface area contributed by atoms with Gasteiger partial charge in [0, 0.05) is 35.9 Å². The molecular formula is C15H18N4OS. The van der Waals surface area contributed by atoms with Gasteiger partial charge in [-0.3, -0.25) is 9.78 Å². The van der Waals surface area contributed by atoms with Gasteiger partial charge in [0.25, 0.3) is 0 Å². The van der Waals surface area contributed by atoms with E-state index in [4.69, 9.17) is 0 Å². The normalized spacial score (nSPS) is 17.8. The van der Waals surface area contributed by atoms with Crippen molar-refractivity contribution in [1.82, 2.24) is 20.6 Å². The standard InChI is InChI=1S/C15H18N4OS/c20-14(18-9-12-4-2-6-17-12)7-13-10-21-15(19-13)11-3-1-5-16-8-11/h1,3,5,8,10,12,17H,2,4,6-7,9H2,(H,18,20). The summed E-state index contributed by atoms with van der Waals surface area (Å²) in [6.07, 6.45) is 6.20. The Morgan fingerprint density at radius 3 is 3.24 bits per heavy atom. The van der Waals surface area contributed by atoms with Crippen LogP contribution < -0.4 is 10.6 Å². The summed E-state index contributed by atoms with van der Waals surface area (Å²) in [5.41, 5.74) is 1.81. The lowest BCUT2D eigenvalue weighted by Gasteiger charge is -2.10. The van der Waals surface area contributed by atoms with E-state index in [2.05, 4.69) is 20.6 Å². The van der Waals surface area contributed by atoms with Crippen LogP contribution in [0, 0.1) is 0 Å². The van der Waals surface area contributed by atoms with Crippen molar-refractivity contribution in [3.05, 3.63) is 35.6 Å². The van der Waals surface area contributed by atoms with Crippen LogP contribution in [0.25, 0.3) is 10.6 Å². The number of nitrogens with one attached hydrogen (secondary N) is 2. The molecule has 5 nitrogen and oxygen atoms in total. The summed E-state index contributed by atoms with van der Waals surface area (Å²) in [5.74, 6) is 0.0340. The van der Waals surface area contributed by atoms with Crippen LogP contribution in [-0.4, -0.2) is 35.0 Å². The van der Waals surface area contributed by atoms with Crippen LogP contribution in [-0.2, 0) is 11.2 Å². The summed E-state index contributed by atoms with van der Waals surface area (Å²) < 4.78 is 0. The van der Waals surface area contributed by atoms with Crippen molar-refractivity contribution >= 4 is 17.2 Å². The van der Waals surface area contributed by atoms with Crippen molar-refractivity contribution in [1.29, 1.82) is 0 Å². The van der Waals surface area contributed by atoms with Crippen molar-refractivity contribution in [3.63, 3.8) is 0 Å². The maximum atomic E-state index is 11.9. The Hall–Kier alpha value is -1.79. The fraction of sp³-hybridized carbons (Fsp3) is 0.400. The summed E-state index contributed by atoms with van der Waals surface area (Å²) >= 11 is 1.54. The maximum Gasteiger partial charge on any atom is 0.226 e. The molecule has 1 amide bonds. The number of carbonyl (C=O) groups is 1. The second-order valence-electron chi connectivity index (χ2n) is 5.16. The van der Waals surface area contributed by atoms with E-state index in [1.165, 1.54) is 6.42 Å². The molecule has 3 heterocycles. The highest BCUT2D eigenvalue weighted by Gasteiger charge is 2.15. The van der Waals surface area contributed by atoms with Gasteiger partial charge < -0.3 is 10.6 Å². The predicted octanol–water partition coefficient (Wildman–Crippen LogP) is 1.62. The van der Waals surface area contributed by atoms with E-state index in [0.29, 0.717) is 19.0 Å². The molecule has 1 unspecified atom stereocenters. The van der Waals surface area contributed by atoms with Gasteiger partial charge in [-0.2, -0.15) is 0 Å². The molecule has 0 spiro atoms. The molecule has 0 saturated carbocycles. The molecule has 1 fully saturated rings. The molecule has 110 valence electrons. The summed E-state index contributed by atoms with van der Waals surface area (Å²) in [6.45, 7) is 1.76. The first-order valence-electron chi connectivity index (χ1n) is 7.16. The average Bonchev–Trinajstić information content (AvgIpc) is 3.17. The van der Waals surface area contributed by atoms with E-state index in [1.54, 1.807) is 23.7 Å². The molecule has 0 aliphatic carbocycles. The Morgan fingerprint density at radius 2 is 2.48 bits per heavy atom.